The Morgan fingerprint density at radius 3 is 2.30 bits per heavy atom. The average molecular weight is 391 g/mol. The molecule has 0 saturated carbocycles. The molecule has 0 aliphatic heterocycles. The molecule has 144 valence electrons. The van der Waals surface area contributed by atoms with Gasteiger partial charge in [-0.25, -0.2) is 18.6 Å². The van der Waals surface area contributed by atoms with E-state index in [4.69, 9.17) is 0 Å². The summed E-state index contributed by atoms with van der Waals surface area (Å²) in [5.41, 5.74) is 6.30. The summed E-state index contributed by atoms with van der Waals surface area (Å²) < 4.78 is 32.3. The van der Waals surface area contributed by atoms with Crippen molar-refractivity contribution in [2.75, 3.05) is 11.3 Å². The van der Waals surface area contributed by atoms with Crippen LogP contribution >= 0.6 is 0 Å². The van der Waals surface area contributed by atoms with E-state index >= 15 is 0 Å². The molecule has 0 aromatic heterocycles. The molecule has 27 heavy (non-hydrogen) atoms. The van der Waals surface area contributed by atoms with E-state index in [2.05, 4.69) is 20.3 Å². The van der Waals surface area contributed by atoms with Gasteiger partial charge < -0.3 is 4.74 Å². The summed E-state index contributed by atoms with van der Waals surface area (Å²) in [4.78, 5) is 23.3. The first-order valence-corrected chi connectivity index (χ1v) is 9.64. The van der Waals surface area contributed by atoms with Crippen LogP contribution < -0.4 is 15.6 Å². The maximum atomic E-state index is 12.6. The number of ether oxygens (including phenoxy) is 1. The first kappa shape index (κ1) is 20.2. The fourth-order valence-electron chi connectivity index (χ4n) is 2.24. The Bertz CT molecular complexity index is 940. The molecular weight excluding hydrogens is 370 g/mol. The summed E-state index contributed by atoms with van der Waals surface area (Å²) in [7, 11) is -3.75. The van der Waals surface area contributed by atoms with Crippen LogP contribution in [-0.4, -0.2) is 27.0 Å². The van der Waals surface area contributed by atoms with Gasteiger partial charge in [-0.2, -0.15) is 0 Å². The molecule has 0 saturated heterocycles. The Morgan fingerprint density at radius 2 is 1.67 bits per heavy atom. The Labute approximate surface area is 157 Å². The molecule has 2 amide bonds. The molecule has 3 N–H and O–H groups in total. The van der Waals surface area contributed by atoms with E-state index in [-0.39, 0.29) is 17.1 Å². The number of hydrogen-bond acceptors (Lipinski definition) is 5. The second-order valence-corrected chi connectivity index (χ2v) is 7.40. The number of hydrazine groups is 1. The molecule has 0 aliphatic carbocycles. The molecular formula is C18H21N3O5S. The van der Waals surface area contributed by atoms with Gasteiger partial charge in [0.05, 0.1) is 11.5 Å². The number of amides is 2. The van der Waals surface area contributed by atoms with Crippen molar-refractivity contribution < 1.29 is 22.7 Å². The third-order valence-corrected chi connectivity index (χ3v) is 5.11. The second-order valence-electron chi connectivity index (χ2n) is 5.75. The van der Waals surface area contributed by atoms with Crippen LogP contribution in [0.3, 0.4) is 0 Å². The van der Waals surface area contributed by atoms with Crippen molar-refractivity contribution in [1.29, 1.82) is 0 Å². The molecule has 0 spiro atoms. The molecule has 2 rings (SSSR count). The van der Waals surface area contributed by atoms with Crippen molar-refractivity contribution in [3.63, 3.8) is 0 Å². The minimum atomic E-state index is -3.75. The topological polar surface area (TPSA) is 114 Å². The minimum Gasteiger partial charge on any atom is -0.449 e. The van der Waals surface area contributed by atoms with E-state index in [9.17, 15) is 18.0 Å². The molecule has 0 radical (unpaired) electrons. The van der Waals surface area contributed by atoms with E-state index in [0.717, 1.165) is 5.56 Å². The van der Waals surface area contributed by atoms with Gasteiger partial charge in [-0.15, -0.1) is 0 Å². The van der Waals surface area contributed by atoms with Gasteiger partial charge in [0.2, 0.25) is 0 Å². The zero-order valence-electron chi connectivity index (χ0n) is 15.2. The molecule has 2 aromatic carbocycles. The Hall–Kier alpha value is -3.07. The number of benzene rings is 2. The lowest BCUT2D eigenvalue weighted by Crippen LogP contribution is -2.41. The maximum Gasteiger partial charge on any atom is 0.426 e. The van der Waals surface area contributed by atoms with Crippen LogP contribution in [0.2, 0.25) is 0 Å². The fraction of sp³-hybridized carbons (Fsp3) is 0.222. The van der Waals surface area contributed by atoms with Crippen LogP contribution in [-0.2, 0) is 14.8 Å². The number of hydrogen-bond donors (Lipinski definition) is 3. The van der Waals surface area contributed by atoms with Crippen LogP contribution in [0.4, 0.5) is 10.5 Å². The third kappa shape index (κ3) is 5.45. The van der Waals surface area contributed by atoms with Gasteiger partial charge in [0.25, 0.3) is 15.9 Å². The minimum absolute atomic E-state index is 0.178. The number of sulfonamides is 1. The third-order valence-electron chi connectivity index (χ3n) is 3.59. The Kier molecular flexibility index (Phi) is 6.40. The monoisotopic (exact) mass is 391 g/mol. The molecule has 2 aromatic rings. The predicted octanol–water partition coefficient (Wildman–Crippen LogP) is 2.50. The highest BCUT2D eigenvalue weighted by Gasteiger charge is 2.17. The molecule has 0 bridgehead atoms. The number of aryl methyl sites for hydroxylation is 2. The normalized spacial score (nSPS) is 10.8. The van der Waals surface area contributed by atoms with Crippen molar-refractivity contribution in [2.24, 2.45) is 0 Å². The highest BCUT2D eigenvalue weighted by atomic mass is 32.2. The smallest absolute Gasteiger partial charge is 0.426 e. The summed E-state index contributed by atoms with van der Waals surface area (Å²) in [6.45, 7) is 5.35. The highest BCUT2D eigenvalue weighted by Crippen LogP contribution is 2.21. The second kappa shape index (κ2) is 8.54. The summed E-state index contributed by atoms with van der Waals surface area (Å²) >= 11 is 0. The maximum absolute atomic E-state index is 12.6. The quantitative estimate of drug-likeness (QED) is 0.678. The fourth-order valence-corrected chi connectivity index (χ4v) is 3.63. The van der Waals surface area contributed by atoms with Crippen LogP contribution in [0, 0.1) is 13.8 Å². The molecule has 8 nitrogen and oxygen atoms in total. The molecule has 9 heteroatoms. The summed E-state index contributed by atoms with van der Waals surface area (Å²) in [6, 6.07) is 11.0. The lowest BCUT2D eigenvalue weighted by Gasteiger charge is -2.12. The summed E-state index contributed by atoms with van der Waals surface area (Å²) in [6.07, 6.45) is -0.774. The average Bonchev–Trinajstić information content (AvgIpc) is 2.62. The zero-order valence-corrected chi connectivity index (χ0v) is 16.0. The zero-order chi connectivity index (χ0) is 20.0. The van der Waals surface area contributed by atoms with Gasteiger partial charge in [-0.1, -0.05) is 12.1 Å². The van der Waals surface area contributed by atoms with E-state index in [1.807, 2.05) is 13.0 Å². The lowest BCUT2D eigenvalue weighted by atomic mass is 10.2. The van der Waals surface area contributed by atoms with Crippen LogP contribution in [0.5, 0.6) is 0 Å². The van der Waals surface area contributed by atoms with Crippen molar-refractivity contribution in [1.82, 2.24) is 10.9 Å². The largest absolute Gasteiger partial charge is 0.449 e. The molecule has 0 atom stereocenters. The first-order valence-electron chi connectivity index (χ1n) is 8.16. The SMILES string of the molecule is CCOC(=O)NNC(=O)c1ccc(NS(=O)(=O)c2cc(C)ccc2C)cc1. The summed E-state index contributed by atoms with van der Waals surface area (Å²) in [5, 5.41) is 0. The van der Waals surface area contributed by atoms with Gasteiger partial charge in [0.1, 0.15) is 0 Å². The molecule has 0 fully saturated rings. The van der Waals surface area contributed by atoms with E-state index in [1.165, 1.54) is 24.3 Å². The van der Waals surface area contributed by atoms with Gasteiger partial charge in [-0.3, -0.25) is 14.9 Å². The van der Waals surface area contributed by atoms with Crippen LogP contribution in [0.25, 0.3) is 0 Å². The number of rotatable bonds is 5. The molecule has 0 heterocycles. The van der Waals surface area contributed by atoms with E-state index < -0.39 is 22.0 Å². The summed E-state index contributed by atoms with van der Waals surface area (Å²) in [5.74, 6) is -0.563. The number of carbonyl (C=O) groups is 2. The molecule has 0 aliphatic rings. The van der Waals surface area contributed by atoms with Gasteiger partial charge in [0.15, 0.2) is 0 Å². The highest BCUT2D eigenvalue weighted by molar-refractivity contribution is 7.92. The van der Waals surface area contributed by atoms with Gasteiger partial charge in [-0.05, 0) is 62.2 Å². The van der Waals surface area contributed by atoms with Gasteiger partial charge >= 0.3 is 6.09 Å². The number of carbonyl (C=O) groups excluding carboxylic acids is 2. The van der Waals surface area contributed by atoms with Crippen LogP contribution in [0.1, 0.15) is 28.4 Å². The van der Waals surface area contributed by atoms with E-state index in [0.29, 0.717) is 11.3 Å². The Morgan fingerprint density at radius 1 is 1.00 bits per heavy atom. The predicted molar refractivity (Wildman–Crippen MR) is 101 cm³/mol. The van der Waals surface area contributed by atoms with Gasteiger partial charge in [0, 0.05) is 11.3 Å². The lowest BCUT2D eigenvalue weighted by molar-refractivity contribution is 0.0912. The van der Waals surface area contributed by atoms with E-state index in [1.54, 1.807) is 26.0 Å². The first-order chi connectivity index (χ1) is 12.7. The molecule has 0 unspecified atom stereocenters. The van der Waals surface area contributed by atoms with Crippen molar-refractivity contribution >= 4 is 27.7 Å². The Balaban J connectivity index is 2.08. The number of nitrogens with one attached hydrogen (secondary N) is 3. The van der Waals surface area contributed by atoms with Crippen molar-refractivity contribution in [3.8, 4) is 0 Å². The number of anilines is 1. The van der Waals surface area contributed by atoms with Crippen molar-refractivity contribution in [3.05, 3.63) is 59.2 Å². The van der Waals surface area contributed by atoms with Crippen LogP contribution in [0.15, 0.2) is 47.4 Å². The van der Waals surface area contributed by atoms with Crippen molar-refractivity contribution in [2.45, 2.75) is 25.7 Å². The standard InChI is InChI=1S/C18H21N3O5S/c1-4-26-18(23)20-19-17(22)14-7-9-15(10-8-14)21-27(24,25)16-11-12(2)5-6-13(16)3/h5-11,21H,4H2,1-3H3,(H,19,22)(H,20,23).